The molecule has 0 saturated carbocycles. The first-order valence-corrected chi connectivity index (χ1v) is 9.75. The fraction of sp³-hybridized carbons (Fsp3) is 0.526. The standard InChI is InChI=1S/C19H28N4O3S/c1-19(2,3)15-11-16(23(4)5)22-18(21-15)27-12-13-7-8-14(26-13)17(24)20-9-10-25-6/h7-8,11H,9-10,12H2,1-6H3,(H,20,24). The minimum atomic E-state index is -0.246. The molecule has 0 aliphatic heterocycles. The molecule has 2 aromatic heterocycles. The molecule has 1 N–H and O–H groups in total. The average molecular weight is 393 g/mol. The van der Waals surface area contributed by atoms with E-state index in [0.717, 1.165) is 11.5 Å². The highest BCUT2D eigenvalue weighted by Gasteiger charge is 2.19. The van der Waals surface area contributed by atoms with Crippen molar-refractivity contribution in [3.05, 3.63) is 35.4 Å². The third-order valence-electron chi connectivity index (χ3n) is 3.74. The van der Waals surface area contributed by atoms with Crippen LogP contribution in [0, 0.1) is 0 Å². The van der Waals surface area contributed by atoms with Crippen molar-refractivity contribution in [2.75, 3.05) is 39.3 Å². The highest BCUT2D eigenvalue weighted by Crippen LogP contribution is 2.28. The van der Waals surface area contributed by atoms with E-state index in [1.807, 2.05) is 25.1 Å². The molecular formula is C19H28N4O3S. The van der Waals surface area contributed by atoms with Gasteiger partial charge in [0.2, 0.25) is 0 Å². The summed E-state index contributed by atoms with van der Waals surface area (Å²) in [6, 6.07) is 5.49. The van der Waals surface area contributed by atoms with Crippen LogP contribution in [-0.4, -0.2) is 50.2 Å². The van der Waals surface area contributed by atoms with E-state index in [0.29, 0.717) is 35.6 Å². The van der Waals surface area contributed by atoms with Crippen LogP contribution in [0.25, 0.3) is 0 Å². The summed E-state index contributed by atoms with van der Waals surface area (Å²) in [5, 5.41) is 3.42. The zero-order valence-electron chi connectivity index (χ0n) is 16.8. The Hall–Kier alpha value is -2.06. The molecule has 27 heavy (non-hydrogen) atoms. The number of thioether (sulfide) groups is 1. The van der Waals surface area contributed by atoms with Crippen molar-refractivity contribution in [1.29, 1.82) is 0 Å². The Kier molecular flexibility index (Phi) is 7.26. The van der Waals surface area contributed by atoms with Gasteiger partial charge in [-0.3, -0.25) is 4.79 Å². The van der Waals surface area contributed by atoms with E-state index in [1.54, 1.807) is 19.2 Å². The molecule has 2 heterocycles. The fourth-order valence-electron chi connectivity index (χ4n) is 2.16. The number of amides is 1. The van der Waals surface area contributed by atoms with Crippen molar-refractivity contribution >= 4 is 23.5 Å². The second-order valence-electron chi connectivity index (χ2n) is 7.34. The zero-order chi connectivity index (χ0) is 20.0. The van der Waals surface area contributed by atoms with Gasteiger partial charge in [0.25, 0.3) is 5.91 Å². The number of nitrogens with one attached hydrogen (secondary N) is 1. The topological polar surface area (TPSA) is 80.5 Å². The highest BCUT2D eigenvalue weighted by atomic mass is 32.2. The number of ether oxygens (including phenoxy) is 1. The van der Waals surface area contributed by atoms with Crippen molar-refractivity contribution in [3.8, 4) is 0 Å². The van der Waals surface area contributed by atoms with Crippen molar-refractivity contribution in [1.82, 2.24) is 15.3 Å². The molecule has 0 spiro atoms. The second kappa shape index (κ2) is 9.23. The van der Waals surface area contributed by atoms with Crippen LogP contribution < -0.4 is 10.2 Å². The lowest BCUT2D eigenvalue weighted by atomic mass is 9.92. The van der Waals surface area contributed by atoms with Gasteiger partial charge >= 0.3 is 0 Å². The summed E-state index contributed by atoms with van der Waals surface area (Å²) < 4.78 is 10.5. The molecular weight excluding hydrogens is 364 g/mol. The Morgan fingerprint density at radius 1 is 1.30 bits per heavy atom. The number of hydrogen-bond donors (Lipinski definition) is 1. The van der Waals surface area contributed by atoms with E-state index in [2.05, 4.69) is 36.1 Å². The van der Waals surface area contributed by atoms with Gasteiger partial charge in [-0.05, 0) is 12.1 Å². The van der Waals surface area contributed by atoms with Gasteiger partial charge in [0.05, 0.1) is 18.1 Å². The van der Waals surface area contributed by atoms with E-state index >= 15 is 0 Å². The van der Waals surface area contributed by atoms with E-state index in [4.69, 9.17) is 9.15 Å². The van der Waals surface area contributed by atoms with Crippen LogP contribution in [0.3, 0.4) is 0 Å². The van der Waals surface area contributed by atoms with Gasteiger partial charge in [0.1, 0.15) is 11.6 Å². The third kappa shape index (κ3) is 6.25. The predicted octanol–water partition coefficient (Wildman–Crippen LogP) is 3.10. The van der Waals surface area contributed by atoms with Gasteiger partial charge in [-0.25, -0.2) is 9.97 Å². The van der Waals surface area contributed by atoms with Crippen LogP contribution in [-0.2, 0) is 15.9 Å². The molecule has 0 aromatic carbocycles. The predicted molar refractivity (Wildman–Crippen MR) is 108 cm³/mol. The van der Waals surface area contributed by atoms with E-state index < -0.39 is 0 Å². The Morgan fingerprint density at radius 2 is 2.04 bits per heavy atom. The smallest absolute Gasteiger partial charge is 0.287 e. The van der Waals surface area contributed by atoms with E-state index in [1.165, 1.54) is 11.8 Å². The number of anilines is 1. The number of aromatic nitrogens is 2. The molecule has 148 valence electrons. The first kappa shape index (κ1) is 21.2. The molecule has 0 bridgehead atoms. The van der Waals surface area contributed by atoms with Crippen molar-refractivity contribution < 1.29 is 13.9 Å². The van der Waals surface area contributed by atoms with Crippen LogP contribution in [0.15, 0.2) is 27.8 Å². The first-order valence-electron chi connectivity index (χ1n) is 8.76. The lowest BCUT2D eigenvalue weighted by molar-refractivity contribution is 0.0908. The molecule has 0 aliphatic carbocycles. The van der Waals surface area contributed by atoms with Crippen LogP contribution in [0.4, 0.5) is 5.82 Å². The average Bonchev–Trinajstić information content (AvgIpc) is 3.08. The summed E-state index contributed by atoms with van der Waals surface area (Å²) in [6.07, 6.45) is 0. The summed E-state index contributed by atoms with van der Waals surface area (Å²) in [5.41, 5.74) is 0.919. The maximum absolute atomic E-state index is 12.0. The minimum absolute atomic E-state index is 0.0683. The van der Waals surface area contributed by atoms with E-state index in [-0.39, 0.29) is 11.3 Å². The van der Waals surface area contributed by atoms with Crippen LogP contribution >= 0.6 is 11.8 Å². The Morgan fingerprint density at radius 3 is 2.67 bits per heavy atom. The number of methoxy groups -OCH3 is 1. The van der Waals surface area contributed by atoms with Crippen molar-refractivity contribution in [2.24, 2.45) is 0 Å². The SMILES string of the molecule is COCCNC(=O)c1ccc(CSc2nc(N(C)C)cc(C(C)(C)C)n2)o1. The molecule has 0 fully saturated rings. The molecule has 1 amide bonds. The molecule has 2 aromatic rings. The quantitative estimate of drug-likeness (QED) is 0.420. The monoisotopic (exact) mass is 392 g/mol. The van der Waals surface area contributed by atoms with Crippen LogP contribution in [0.5, 0.6) is 0 Å². The number of carbonyl (C=O) groups excluding carboxylic acids is 1. The molecule has 2 rings (SSSR count). The molecule has 0 radical (unpaired) electrons. The molecule has 0 saturated heterocycles. The fourth-order valence-corrected chi connectivity index (χ4v) is 2.91. The van der Waals surface area contributed by atoms with Gasteiger partial charge in [-0.15, -0.1) is 0 Å². The van der Waals surface area contributed by atoms with Gasteiger partial charge in [-0.1, -0.05) is 32.5 Å². The summed E-state index contributed by atoms with van der Waals surface area (Å²) in [5.74, 6) is 2.17. The van der Waals surface area contributed by atoms with Crippen LogP contribution in [0.2, 0.25) is 0 Å². The molecule has 0 aliphatic rings. The Labute approximate surface area is 164 Å². The maximum atomic E-state index is 12.0. The normalized spacial score (nSPS) is 11.5. The summed E-state index contributed by atoms with van der Waals surface area (Å²) in [6.45, 7) is 7.30. The van der Waals surface area contributed by atoms with Gasteiger partial charge in [0.15, 0.2) is 10.9 Å². The Bertz CT molecular complexity index is 769. The number of carbonyl (C=O) groups is 1. The van der Waals surface area contributed by atoms with E-state index in [9.17, 15) is 4.79 Å². The summed E-state index contributed by atoms with van der Waals surface area (Å²) in [4.78, 5) is 23.2. The minimum Gasteiger partial charge on any atom is -0.455 e. The zero-order valence-corrected chi connectivity index (χ0v) is 17.6. The molecule has 0 unspecified atom stereocenters. The Balaban J connectivity index is 2.06. The molecule has 8 heteroatoms. The number of hydrogen-bond acceptors (Lipinski definition) is 7. The third-order valence-corrected chi connectivity index (χ3v) is 4.61. The summed E-state index contributed by atoms with van der Waals surface area (Å²) >= 11 is 1.49. The van der Waals surface area contributed by atoms with Gasteiger partial charge < -0.3 is 19.4 Å². The van der Waals surface area contributed by atoms with Gasteiger partial charge in [-0.2, -0.15) is 0 Å². The first-order chi connectivity index (χ1) is 12.7. The lowest BCUT2D eigenvalue weighted by Gasteiger charge is -2.21. The second-order valence-corrected chi connectivity index (χ2v) is 8.28. The highest BCUT2D eigenvalue weighted by molar-refractivity contribution is 7.98. The molecule has 7 nitrogen and oxygen atoms in total. The number of nitrogens with zero attached hydrogens (tertiary/aromatic N) is 3. The van der Waals surface area contributed by atoms with Gasteiger partial charge in [0, 0.05) is 39.2 Å². The van der Waals surface area contributed by atoms with Crippen molar-refractivity contribution in [2.45, 2.75) is 37.1 Å². The molecule has 0 atom stereocenters. The van der Waals surface area contributed by atoms with Crippen LogP contribution in [0.1, 0.15) is 42.8 Å². The maximum Gasteiger partial charge on any atom is 0.287 e. The number of rotatable bonds is 8. The lowest BCUT2D eigenvalue weighted by Crippen LogP contribution is -2.26. The number of furan rings is 1. The largest absolute Gasteiger partial charge is 0.455 e. The summed E-state index contributed by atoms with van der Waals surface area (Å²) in [7, 11) is 5.52. The van der Waals surface area contributed by atoms with Crippen molar-refractivity contribution in [3.63, 3.8) is 0 Å².